The van der Waals surface area contributed by atoms with E-state index >= 15 is 0 Å². The summed E-state index contributed by atoms with van der Waals surface area (Å²) in [5.74, 6) is 1.62. The Bertz CT molecular complexity index is 316. The van der Waals surface area contributed by atoms with Crippen LogP contribution in [-0.4, -0.2) is 9.97 Å². The van der Waals surface area contributed by atoms with Crippen molar-refractivity contribution in [2.45, 2.75) is 45.1 Å². The van der Waals surface area contributed by atoms with Crippen LogP contribution in [0.25, 0.3) is 0 Å². The molecule has 1 fully saturated rings. The van der Waals surface area contributed by atoms with E-state index in [2.05, 4.69) is 9.97 Å². The molecule has 0 saturated heterocycles. The van der Waals surface area contributed by atoms with Gasteiger partial charge < -0.3 is 5.73 Å². The first-order valence-electron chi connectivity index (χ1n) is 5.33. The summed E-state index contributed by atoms with van der Waals surface area (Å²) in [4.78, 5) is 8.94. The number of hydrogen-bond donors (Lipinski definition) is 1. The van der Waals surface area contributed by atoms with Crippen LogP contribution in [0.5, 0.6) is 0 Å². The molecule has 0 unspecified atom stereocenters. The Morgan fingerprint density at radius 3 is 2.71 bits per heavy atom. The third kappa shape index (κ3) is 1.77. The molecule has 1 aliphatic rings. The van der Waals surface area contributed by atoms with E-state index in [-0.39, 0.29) is 0 Å². The zero-order valence-electron chi connectivity index (χ0n) is 8.66. The minimum absolute atomic E-state index is 0.538. The largest absolute Gasteiger partial charge is 0.326 e. The predicted octanol–water partition coefficient (Wildman–Crippen LogP) is 1.90. The molecule has 1 heterocycles. The number of hydrogen-bond acceptors (Lipinski definition) is 3. The number of aromatic nitrogens is 2. The average Bonchev–Trinajstić information content (AvgIpc) is 2.70. The Kier molecular flexibility index (Phi) is 2.77. The van der Waals surface area contributed by atoms with Gasteiger partial charge >= 0.3 is 0 Å². The molecular formula is C11H17N3. The van der Waals surface area contributed by atoms with E-state index in [1.807, 2.05) is 13.1 Å². The number of nitrogens with two attached hydrogens (primary N) is 1. The highest BCUT2D eigenvalue weighted by molar-refractivity contribution is 5.17. The third-order valence-corrected chi connectivity index (χ3v) is 3.04. The summed E-state index contributed by atoms with van der Waals surface area (Å²) in [6.07, 6.45) is 7.04. The molecule has 0 radical (unpaired) electrons. The lowest BCUT2D eigenvalue weighted by molar-refractivity contribution is 0.660. The highest BCUT2D eigenvalue weighted by Crippen LogP contribution is 2.31. The second-order valence-electron chi connectivity index (χ2n) is 4.02. The Morgan fingerprint density at radius 2 is 2.14 bits per heavy atom. The molecule has 1 aliphatic carbocycles. The Labute approximate surface area is 84.8 Å². The van der Waals surface area contributed by atoms with E-state index < -0.39 is 0 Å². The topological polar surface area (TPSA) is 51.8 Å². The summed E-state index contributed by atoms with van der Waals surface area (Å²) in [5, 5.41) is 0. The first kappa shape index (κ1) is 9.59. The Balaban J connectivity index is 2.23. The van der Waals surface area contributed by atoms with Crippen molar-refractivity contribution in [1.29, 1.82) is 0 Å². The lowest BCUT2D eigenvalue weighted by atomic mass is 10.1. The summed E-state index contributed by atoms with van der Waals surface area (Å²) < 4.78 is 0. The van der Waals surface area contributed by atoms with Crippen LogP contribution < -0.4 is 5.73 Å². The van der Waals surface area contributed by atoms with Crippen molar-refractivity contribution in [2.75, 3.05) is 0 Å². The Hall–Kier alpha value is -0.960. The lowest BCUT2D eigenvalue weighted by Gasteiger charge is -2.09. The molecule has 3 nitrogen and oxygen atoms in total. The number of rotatable bonds is 2. The van der Waals surface area contributed by atoms with E-state index in [9.17, 15) is 0 Å². The van der Waals surface area contributed by atoms with Gasteiger partial charge in [-0.25, -0.2) is 9.97 Å². The van der Waals surface area contributed by atoms with E-state index in [0.717, 1.165) is 17.1 Å². The summed E-state index contributed by atoms with van der Waals surface area (Å²) in [6.45, 7) is 2.55. The summed E-state index contributed by atoms with van der Waals surface area (Å²) in [6, 6.07) is 0. The quantitative estimate of drug-likeness (QED) is 0.776. The summed E-state index contributed by atoms with van der Waals surface area (Å²) in [7, 11) is 0. The second kappa shape index (κ2) is 4.05. The molecule has 14 heavy (non-hydrogen) atoms. The summed E-state index contributed by atoms with van der Waals surface area (Å²) >= 11 is 0. The first-order chi connectivity index (χ1) is 6.81. The maximum atomic E-state index is 5.57. The van der Waals surface area contributed by atoms with Gasteiger partial charge in [0.05, 0.1) is 0 Å². The van der Waals surface area contributed by atoms with Gasteiger partial charge in [-0.05, 0) is 19.8 Å². The van der Waals surface area contributed by atoms with Gasteiger partial charge in [-0.1, -0.05) is 12.8 Å². The van der Waals surface area contributed by atoms with Crippen molar-refractivity contribution >= 4 is 0 Å². The third-order valence-electron chi connectivity index (χ3n) is 3.04. The van der Waals surface area contributed by atoms with Gasteiger partial charge in [-0.15, -0.1) is 0 Å². The van der Waals surface area contributed by atoms with Gasteiger partial charge in [0.15, 0.2) is 0 Å². The van der Waals surface area contributed by atoms with Crippen LogP contribution in [0.1, 0.15) is 48.7 Å². The maximum absolute atomic E-state index is 5.57. The van der Waals surface area contributed by atoms with Crippen LogP contribution in [-0.2, 0) is 6.54 Å². The van der Waals surface area contributed by atoms with E-state index in [1.54, 1.807) is 0 Å². The number of aryl methyl sites for hydroxylation is 1. The smallest absolute Gasteiger partial charge is 0.131 e. The molecule has 1 saturated carbocycles. The Morgan fingerprint density at radius 1 is 1.43 bits per heavy atom. The minimum atomic E-state index is 0.538. The van der Waals surface area contributed by atoms with Crippen molar-refractivity contribution in [1.82, 2.24) is 9.97 Å². The molecule has 0 atom stereocenters. The second-order valence-corrected chi connectivity index (χ2v) is 4.02. The fourth-order valence-electron chi connectivity index (χ4n) is 2.09. The highest BCUT2D eigenvalue weighted by atomic mass is 14.9. The van der Waals surface area contributed by atoms with Crippen molar-refractivity contribution in [3.63, 3.8) is 0 Å². The van der Waals surface area contributed by atoms with E-state index in [1.165, 1.54) is 25.7 Å². The molecule has 0 amide bonds. The minimum Gasteiger partial charge on any atom is -0.326 e. The van der Waals surface area contributed by atoms with Crippen molar-refractivity contribution < 1.29 is 0 Å². The van der Waals surface area contributed by atoms with Gasteiger partial charge in [0.25, 0.3) is 0 Å². The molecule has 1 aromatic heterocycles. The molecule has 0 spiro atoms. The van der Waals surface area contributed by atoms with Crippen LogP contribution in [0.2, 0.25) is 0 Å². The van der Waals surface area contributed by atoms with Crippen molar-refractivity contribution in [3.05, 3.63) is 23.3 Å². The monoisotopic (exact) mass is 191 g/mol. The average molecular weight is 191 g/mol. The molecule has 3 heteroatoms. The van der Waals surface area contributed by atoms with E-state index in [4.69, 9.17) is 5.73 Å². The number of nitrogens with zero attached hydrogens (tertiary/aromatic N) is 2. The molecule has 0 bridgehead atoms. The van der Waals surface area contributed by atoms with Crippen molar-refractivity contribution in [3.8, 4) is 0 Å². The SMILES string of the molecule is Cc1nc(C2CCCC2)ncc1CN. The molecule has 1 aromatic rings. The lowest BCUT2D eigenvalue weighted by Crippen LogP contribution is -2.07. The van der Waals surface area contributed by atoms with Gasteiger partial charge in [0, 0.05) is 29.9 Å². The molecule has 0 aromatic carbocycles. The molecule has 2 rings (SSSR count). The normalized spacial score (nSPS) is 17.6. The van der Waals surface area contributed by atoms with Crippen molar-refractivity contribution in [2.24, 2.45) is 5.73 Å². The van der Waals surface area contributed by atoms with Crippen LogP contribution in [0.3, 0.4) is 0 Å². The van der Waals surface area contributed by atoms with Crippen LogP contribution in [0, 0.1) is 6.92 Å². The molecule has 76 valence electrons. The standard InChI is InChI=1S/C11H17N3/c1-8-10(6-12)7-13-11(14-8)9-4-2-3-5-9/h7,9H,2-6,12H2,1H3. The van der Waals surface area contributed by atoms with Gasteiger partial charge in [-0.2, -0.15) is 0 Å². The van der Waals surface area contributed by atoms with Gasteiger partial charge in [0.2, 0.25) is 0 Å². The van der Waals surface area contributed by atoms with Crippen LogP contribution >= 0.6 is 0 Å². The molecule has 2 N–H and O–H groups in total. The fraction of sp³-hybridized carbons (Fsp3) is 0.636. The highest BCUT2D eigenvalue weighted by Gasteiger charge is 2.19. The van der Waals surface area contributed by atoms with Gasteiger partial charge in [0.1, 0.15) is 5.82 Å². The zero-order chi connectivity index (χ0) is 9.97. The molecule has 0 aliphatic heterocycles. The fourth-order valence-corrected chi connectivity index (χ4v) is 2.09. The predicted molar refractivity (Wildman–Crippen MR) is 55.9 cm³/mol. The maximum Gasteiger partial charge on any atom is 0.131 e. The summed E-state index contributed by atoms with van der Waals surface area (Å²) in [5.41, 5.74) is 7.68. The van der Waals surface area contributed by atoms with Gasteiger partial charge in [-0.3, -0.25) is 0 Å². The van der Waals surface area contributed by atoms with E-state index in [0.29, 0.717) is 12.5 Å². The van der Waals surface area contributed by atoms with Crippen LogP contribution in [0.15, 0.2) is 6.20 Å². The molecular weight excluding hydrogens is 174 g/mol. The first-order valence-corrected chi connectivity index (χ1v) is 5.33. The zero-order valence-corrected chi connectivity index (χ0v) is 8.66. The van der Waals surface area contributed by atoms with Crippen LogP contribution in [0.4, 0.5) is 0 Å².